The van der Waals surface area contributed by atoms with Gasteiger partial charge in [-0.15, -0.1) is 11.3 Å². The fraction of sp³-hybridized carbons (Fsp3) is 0.375. The molecule has 100 valence electrons. The molecule has 0 saturated heterocycles. The van der Waals surface area contributed by atoms with Gasteiger partial charge in [0.05, 0.1) is 0 Å². The van der Waals surface area contributed by atoms with Gasteiger partial charge in [-0.25, -0.2) is 0 Å². The highest BCUT2D eigenvalue weighted by Crippen LogP contribution is 2.33. The van der Waals surface area contributed by atoms with Gasteiger partial charge in [0.25, 0.3) is 0 Å². The Kier molecular flexibility index (Phi) is 3.58. The van der Waals surface area contributed by atoms with Crippen LogP contribution in [0.4, 0.5) is 5.69 Å². The maximum absolute atomic E-state index is 3.51. The van der Waals surface area contributed by atoms with Crippen LogP contribution >= 0.6 is 11.3 Å². The normalized spacial score (nSPS) is 19.2. The van der Waals surface area contributed by atoms with Crippen molar-refractivity contribution in [2.45, 2.75) is 18.9 Å². The number of fused-ring (bicyclic) bond motifs is 1. The van der Waals surface area contributed by atoms with Crippen molar-refractivity contribution in [1.82, 2.24) is 4.90 Å². The Morgan fingerprint density at radius 1 is 1.32 bits per heavy atom. The van der Waals surface area contributed by atoms with Crippen LogP contribution in [0.15, 0.2) is 41.8 Å². The van der Waals surface area contributed by atoms with Crippen LogP contribution in [-0.2, 0) is 0 Å². The third kappa shape index (κ3) is 2.53. The summed E-state index contributed by atoms with van der Waals surface area (Å²) >= 11 is 1.85. The third-order valence-corrected chi connectivity index (χ3v) is 5.11. The van der Waals surface area contributed by atoms with Crippen LogP contribution < -0.4 is 5.32 Å². The average molecular weight is 272 g/mol. The van der Waals surface area contributed by atoms with E-state index in [1.807, 2.05) is 11.3 Å². The first-order valence-corrected chi connectivity index (χ1v) is 7.70. The van der Waals surface area contributed by atoms with E-state index in [-0.39, 0.29) is 0 Å². The molecule has 1 N–H and O–H groups in total. The van der Waals surface area contributed by atoms with Gasteiger partial charge in [-0.3, -0.25) is 4.90 Å². The van der Waals surface area contributed by atoms with Crippen LogP contribution in [-0.4, -0.2) is 25.0 Å². The first kappa shape index (κ1) is 12.7. The molecule has 2 atom stereocenters. The zero-order chi connectivity index (χ0) is 13.2. The summed E-state index contributed by atoms with van der Waals surface area (Å²) in [6, 6.07) is 13.5. The molecule has 1 aromatic carbocycles. The smallest absolute Gasteiger partial charge is 0.0410 e. The molecule has 2 nitrogen and oxygen atoms in total. The Morgan fingerprint density at radius 3 is 2.95 bits per heavy atom. The molecule has 0 saturated carbocycles. The fourth-order valence-electron chi connectivity index (χ4n) is 2.77. The van der Waals surface area contributed by atoms with E-state index < -0.39 is 0 Å². The number of nitrogens with one attached hydrogen (secondary N) is 1. The predicted molar refractivity (Wildman–Crippen MR) is 83.0 cm³/mol. The van der Waals surface area contributed by atoms with E-state index in [0.717, 1.165) is 13.1 Å². The van der Waals surface area contributed by atoms with Crippen molar-refractivity contribution in [1.29, 1.82) is 0 Å². The number of rotatable bonds is 4. The van der Waals surface area contributed by atoms with Crippen molar-refractivity contribution in [2.75, 3.05) is 25.5 Å². The van der Waals surface area contributed by atoms with Gasteiger partial charge in [0.15, 0.2) is 0 Å². The molecule has 2 aromatic rings. The Labute approximate surface area is 119 Å². The van der Waals surface area contributed by atoms with Gasteiger partial charge in [0.1, 0.15) is 0 Å². The molecule has 3 heteroatoms. The maximum Gasteiger partial charge on any atom is 0.0410 e. The van der Waals surface area contributed by atoms with Crippen LogP contribution in [0.25, 0.3) is 0 Å². The standard InChI is InChI=1S/C16H20N2S/c1-12(16-8-5-9-19-16)18(2)11-13-10-17-15-7-4-3-6-14(13)15/h3-9,12-13,17H,10-11H2,1-2H3. The van der Waals surface area contributed by atoms with E-state index in [0.29, 0.717) is 12.0 Å². The van der Waals surface area contributed by atoms with Crippen LogP contribution in [0, 0.1) is 0 Å². The lowest BCUT2D eigenvalue weighted by molar-refractivity contribution is 0.252. The van der Waals surface area contributed by atoms with E-state index in [9.17, 15) is 0 Å². The quantitative estimate of drug-likeness (QED) is 0.906. The molecule has 3 rings (SSSR count). The number of thiophene rings is 1. The number of likely N-dealkylation sites (N-methyl/N-ethyl adjacent to an activating group) is 1. The van der Waals surface area contributed by atoms with E-state index in [1.54, 1.807) is 0 Å². The summed E-state index contributed by atoms with van der Waals surface area (Å²) in [5.74, 6) is 0.601. The number of hydrogen-bond donors (Lipinski definition) is 1. The predicted octanol–water partition coefficient (Wildman–Crippen LogP) is 3.95. The highest BCUT2D eigenvalue weighted by atomic mass is 32.1. The molecule has 0 amide bonds. The van der Waals surface area contributed by atoms with E-state index in [4.69, 9.17) is 0 Å². The van der Waals surface area contributed by atoms with E-state index >= 15 is 0 Å². The Hall–Kier alpha value is -1.32. The molecule has 0 bridgehead atoms. The zero-order valence-corrected chi connectivity index (χ0v) is 12.3. The Bertz CT molecular complexity index is 535. The summed E-state index contributed by atoms with van der Waals surface area (Å²) in [5, 5.41) is 5.66. The summed E-state index contributed by atoms with van der Waals surface area (Å²) in [7, 11) is 2.23. The second kappa shape index (κ2) is 5.35. The first-order chi connectivity index (χ1) is 9.25. The molecule has 19 heavy (non-hydrogen) atoms. The van der Waals surface area contributed by atoms with Gasteiger partial charge in [-0.05, 0) is 37.0 Å². The van der Waals surface area contributed by atoms with Crippen LogP contribution in [0.2, 0.25) is 0 Å². The molecular weight excluding hydrogens is 252 g/mol. The zero-order valence-electron chi connectivity index (χ0n) is 11.5. The lowest BCUT2D eigenvalue weighted by Crippen LogP contribution is -2.28. The highest BCUT2D eigenvalue weighted by Gasteiger charge is 2.24. The molecule has 0 spiro atoms. The molecule has 1 aliphatic rings. The van der Waals surface area contributed by atoms with Gasteiger partial charge < -0.3 is 5.32 Å². The summed E-state index contributed by atoms with van der Waals surface area (Å²) in [4.78, 5) is 3.90. The minimum Gasteiger partial charge on any atom is -0.384 e. The molecule has 0 aliphatic carbocycles. The topological polar surface area (TPSA) is 15.3 Å². The summed E-state index contributed by atoms with van der Waals surface area (Å²) < 4.78 is 0. The van der Waals surface area contributed by atoms with Crippen molar-refractivity contribution >= 4 is 17.0 Å². The first-order valence-electron chi connectivity index (χ1n) is 6.82. The monoisotopic (exact) mass is 272 g/mol. The molecular formula is C16H20N2S. The lowest BCUT2D eigenvalue weighted by Gasteiger charge is -2.26. The molecule has 1 aliphatic heterocycles. The lowest BCUT2D eigenvalue weighted by atomic mass is 10.0. The van der Waals surface area contributed by atoms with Crippen molar-refractivity contribution in [3.8, 4) is 0 Å². The molecule has 1 aromatic heterocycles. The van der Waals surface area contributed by atoms with E-state index in [2.05, 4.69) is 66.0 Å². The second-order valence-corrected chi connectivity index (χ2v) is 6.28. The third-order valence-electron chi connectivity index (χ3n) is 4.06. The summed E-state index contributed by atoms with van der Waals surface area (Å²) in [6.45, 7) is 4.45. The molecule has 0 fully saturated rings. The highest BCUT2D eigenvalue weighted by molar-refractivity contribution is 7.10. The largest absolute Gasteiger partial charge is 0.384 e. The maximum atomic E-state index is 3.51. The van der Waals surface area contributed by atoms with E-state index in [1.165, 1.54) is 16.1 Å². The van der Waals surface area contributed by atoms with Gasteiger partial charge >= 0.3 is 0 Å². The summed E-state index contributed by atoms with van der Waals surface area (Å²) in [5.41, 5.74) is 2.78. The number of benzene rings is 1. The van der Waals surface area contributed by atoms with Gasteiger partial charge in [-0.2, -0.15) is 0 Å². The summed E-state index contributed by atoms with van der Waals surface area (Å²) in [6.07, 6.45) is 0. The van der Waals surface area contributed by atoms with Crippen molar-refractivity contribution < 1.29 is 0 Å². The Morgan fingerprint density at radius 2 is 2.16 bits per heavy atom. The molecule has 2 unspecified atom stereocenters. The van der Waals surface area contributed by atoms with Crippen molar-refractivity contribution in [3.05, 3.63) is 52.2 Å². The average Bonchev–Trinajstić information content (AvgIpc) is 3.08. The number of anilines is 1. The van der Waals surface area contributed by atoms with Crippen LogP contribution in [0.1, 0.15) is 29.3 Å². The fourth-order valence-corrected chi connectivity index (χ4v) is 3.62. The van der Waals surface area contributed by atoms with Gasteiger partial charge in [0.2, 0.25) is 0 Å². The van der Waals surface area contributed by atoms with Gasteiger partial charge in [0, 0.05) is 35.6 Å². The van der Waals surface area contributed by atoms with Crippen LogP contribution in [0.5, 0.6) is 0 Å². The minimum atomic E-state index is 0.493. The molecule has 2 heterocycles. The second-order valence-electron chi connectivity index (χ2n) is 5.30. The SMILES string of the molecule is CC(c1cccs1)N(C)CC1CNc2ccccc21. The number of hydrogen-bond acceptors (Lipinski definition) is 3. The van der Waals surface area contributed by atoms with Crippen molar-refractivity contribution in [2.24, 2.45) is 0 Å². The van der Waals surface area contributed by atoms with Crippen LogP contribution in [0.3, 0.4) is 0 Å². The number of para-hydroxylation sites is 1. The number of nitrogens with zero attached hydrogens (tertiary/aromatic N) is 1. The van der Waals surface area contributed by atoms with Gasteiger partial charge in [-0.1, -0.05) is 24.3 Å². The van der Waals surface area contributed by atoms with Crippen molar-refractivity contribution in [3.63, 3.8) is 0 Å². The Balaban J connectivity index is 1.69. The minimum absolute atomic E-state index is 0.493. The molecule has 0 radical (unpaired) electrons.